The van der Waals surface area contributed by atoms with Gasteiger partial charge in [-0.1, -0.05) is 19.9 Å². The Labute approximate surface area is 192 Å². The molecule has 0 bridgehead atoms. The molecule has 0 saturated heterocycles. The fraction of sp³-hybridized carbons (Fsp3) is 0.280. The summed E-state index contributed by atoms with van der Waals surface area (Å²) in [5, 5.41) is 5.27. The zero-order valence-electron chi connectivity index (χ0n) is 18.6. The third-order valence-electron chi connectivity index (χ3n) is 4.43. The Morgan fingerprint density at radius 2 is 1.78 bits per heavy atom. The SMILES string of the molecule is CCCOc1ccc(-c2csc(NC(=O)/C=C/c3ccc(OCCC)c(OC)c3)n2)cc1. The Hall–Kier alpha value is -3.32. The highest BCUT2D eigenvalue weighted by atomic mass is 32.1. The summed E-state index contributed by atoms with van der Waals surface area (Å²) in [5.41, 5.74) is 2.62. The predicted octanol–water partition coefficient (Wildman–Crippen LogP) is 6.05. The van der Waals surface area contributed by atoms with E-state index in [1.165, 1.54) is 17.4 Å². The molecule has 1 N–H and O–H groups in total. The number of nitrogens with zero attached hydrogens (tertiary/aromatic N) is 1. The molecule has 0 aliphatic rings. The molecule has 0 saturated carbocycles. The number of amides is 1. The van der Waals surface area contributed by atoms with Crippen molar-refractivity contribution in [3.05, 3.63) is 59.5 Å². The quantitative estimate of drug-likeness (QED) is 0.359. The average molecular weight is 453 g/mol. The van der Waals surface area contributed by atoms with Crippen molar-refractivity contribution in [1.82, 2.24) is 4.98 Å². The molecule has 1 aromatic heterocycles. The standard InChI is InChI=1S/C25H28N2O4S/c1-4-14-30-20-10-8-19(9-11-20)21-17-32-25(26-21)27-24(28)13-7-18-6-12-22(31-15-5-2)23(16-18)29-3/h6-13,16-17H,4-5,14-15H2,1-3H3,(H,26,27,28)/b13-7+. The molecule has 0 aliphatic carbocycles. The number of nitrogens with one attached hydrogen (secondary N) is 1. The lowest BCUT2D eigenvalue weighted by atomic mass is 10.2. The van der Waals surface area contributed by atoms with Gasteiger partial charge >= 0.3 is 0 Å². The summed E-state index contributed by atoms with van der Waals surface area (Å²) in [7, 11) is 1.60. The summed E-state index contributed by atoms with van der Waals surface area (Å²) in [4.78, 5) is 16.8. The van der Waals surface area contributed by atoms with Crippen molar-refractivity contribution in [2.45, 2.75) is 26.7 Å². The van der Waals surface area contributed by atoms with E-state index >= 15 is 0 Å². The Morgan fingerprint density at radius 1 is 1.03 bits per heavy atom. The van der Waals surface area contributed by atoms with E-state index in [9.17, 15) is 4.79 Å². The van der Waals surface area contributed by atoms with Gasteiger partial charge in [0.2, 0.25) is 5.91 Å². The van der Waals surface area contributed by atoms with Crippen LogP contribution in [0.2, 0.25) is 0 Å². The molecule has 3 aromatic rings. The molecule has 0 fully saturated rings. The van der Waals surface area contributed by atoms with E-state index in [0.29, 0.717) is 29.8 Å². The van der Waals surface area contributed by atoms with Gasteiger partial charge in [-0.3, -0.25) is 10.1 Å². The van der Waals surface area contributed by atoms with Crippen molar-refractivity contribution in [2.75, 3.05) is 25.6 Å². The molecule has 0 unspecified atom stereocenters. The van der Waals surface area contributed by atoms with E-state index < -0.39 is 0 Å². The second-order valence-electron chi connectivity index (χ2n) is 6.99. The minimum Gasteiger partial charge on any atom is -0.494 e. The van der Waals surface area contributed by atoms with Crippen LogP contribution in [-0.4, -0.2) is 31.2 Å². The zero-order chi connectivity index (χ0) is 22.8. The third kappa shape index (κ3) is 6.59. The minimum atomic E-state index is -0.250. The van der Waals surface area contributed by atoms with Crippen molar-refractivity contribution in [1.29, 1.82) is 0 Å². The zero-order valence-corrected chi connectivity index (χ0v) is 19.4. The molecule has 0 atom stereocenters. The predicted molar refractivity (Wildman–Crippen MR) is 130 cm³/mol. The summed E-state index contributed by atoms with van der Waals surface area (Å²) in [5.74, 6) is 1.92. The summed E-state index contributed by atoms with van der Waals surface area (Å²) >= 11 is 1.38. The minimum absolute atomic E-state index is 0.250. The van der Waals surface area contributed by atoms with Gasteiger partial charge in [0, 0.05) is 17.0 Å². The molecule has 7 heteroatoms. The summed E-state index contributed by atoms with van der Waals surface area (Å²) in [6, 6.07) is 13.4. The van der Waals surface area contributed by atoms with Gasteiger partial charge in [-0.05, 0) is 60.9 Å². The highest BCUT2D eigenvalue weighted by molar-refractivity contribution is 7.14. The lowest BCUT2D eigenvalue weighted by Gasteiger charge is -2.10. The van der Waals surface area contributed by atoms with E-state index in [4.69, 9.17) is 14.2 Å². The molecule has 1 heterocycles. The van der Waals surface area contributed by atoms with E-state index in [2.05, 4.69) is 17.2 Å². The average Bonchev–Trinajstić information content (AvgIpc) is 3.29. The van der Waals surface area contributed by atoms with Crippen LogP contribution in [0, 0.1) is 0 Å². The molecule has 3 rings (SSSR count). The van der Waals surface area contributed by atoms with Crippen LogP contribution >= 0.6 is 11.3 Å². The number of carbonyl (C=O) groups is 1. The van der Waals surface area contributed by atoms with Gasteiger partial charge in [-0.25, -0.2) is 4.98 Å². The first kappa shape index (κ1) is 23.3. The number of ether oxygens (including phenoxy) is 3. The van der Waals surface area contributed by atoms with Crippen molar-refractivity contribution in [2.24, 2.45) is 0 Å². The Bertz CT molecular complexity index is 1040. The number of hydrogen-bond acceptors (Lipinski definition) is 6. The van der Waals surface area contributed by atoms with Gasteiger partial charge in [-0.2, -0.15) is 0 Å². The van der Waals surface area contributed by atoms with E-state index in [0.717, 1.165) is 35.4 Å². The van der Waals surface area contributed by atoms with Crippen LogP contribution in [0.15, 0.2) is 53.9 Å². The molecule has 1 amide bonds. The van der Waals surface area contributed by atoms with Gasteiger partial charge < -0.3 is 14.2 Å². The number of rotatable bonds is 11. The van der Waals surface area contributed by atoms with Crippen LogP contribution < -0.4 is 19.5 Å². The number of hydrogen-bond donors (Lipinski definition) is 1. The molecular weight excluding hydrogens is 424 g/mol. The topological polar surface area (TPSA) is 69.7 Å². The van der Waals surface area contributed by atoms with E-state index in [1.54, 1.807) is 13.2 Å². The van der Waals surface area contributed by atoms with Crippen molar-refractivity contribution >= 4 is 28.5 Å². The monoisotopic (exact) mass is 452 g/mol. The summed E-state index contributed by atoms with van der Waals surface area (Å²) < 4.78 is 16.6. The number of methoxy groups -OCH3 is 1. The van der Waals surface area contributed by atoms with Gasteiger partial charge in [0.1, 0.15) is 5.75 Å². The van der Waals surface area contributed by atoms with Crippen molar-refractivity contribution in [3.63, 3.8) is 0 Å². The molecule has 0 aliphatic heterocycles. The van der Waals surface area contributed by atoms with Crippen LogP contribution in [0.5, 0.6) is 17.2 Å². The maximum atomic E-state index is 12.3. The summed E-state index contributed by atoms with van der Waals surface area (Å²) in [6.45, 7) is 5.45. The molecule has 32 heavy (non-hydrogen) atoms. The number of anilines is 1. The second kappa shape index (κ2) is 11.9. The molecule has 2 aromatic carbocycles. The Kier molecular flexibility index (Phi) is 8.69. The maximum Gasteiger partial charge on any atom is 0.250 e. The number of aromatic nitrogens is 1. The smallest absolute Gasteiger partial charge is 0.250 e. The molecule has 168 valence electrons. The first-order valence-corrected chi connectivity index (χ1v) is 11.5. The van der Waals surface area contributed by atoms with E-state index in [-0.39, 0.29) is 5.91 Å². The van der Waals surface area contributed by atoms with Gasteiger partial charge in [-0.15, -0.1) is 11.3 Å². The normalized spacial score (nSPS) is 10.8. The first-order chi connectivity index (χ1) is 15.6. The summed E-state index contributed by atoms with van der Waals surface area (Å²) in [6.07, 6.45) is 5.09. The van der Waals surface area contributed by atoms with Crippen molar-refractivity contribution in [3.8, 4) is 28.5 Å². The van der Waals surface area contributed by atoms with Crippen LogP contribution in [0.4, 0.5) is 5.13 Å². The Balaban J connectivity index is 1.59. The molecule has 6 nitrogen and oxygen atoms in total. The second-order valence-corrected chi connectivity index (χ2v) is 7.85. The fourth-order valence-corrected chi connectivity index (χ4v) is 3.57. The van der Waals surface area contributed by atoms with Gasteiger partial charge in [0.05, 0.1) is 26.0 Å². The molecular formula is C25H28N2O4S. The maximum absolute atomic E-state index is 12.3. The van der Waals surface area contributed by atoms with Gasteiger partial charge in [0.15, 0.2) is 16.6 Å². The number of benzene rings is 2. The lowest BCUT2D eigenvalue weighted by molar-refractivity contribution is -0.111. The molecule has 0 radical (unpaired) electrons. The van der Waals surface area contributed by atoms with Crippen LogP contribution in [0.1, 0.15) is 32.3 Å². The lowest BCUT2D eigenvalue weighted by Crippen LogP contribution is -2.07. The number of thiazole rings is 1. The largest absolute Gasteiger partial charge is 0.494 e. The highest BCUT2D eigenvalue weighted by Gasteiger charge is 2.08. The van der Waals surface area contributed by atoms with Gasteiger partial charge in [0.25, 0.3) is 0 Å². The van der Waals surface area contributed by atoms with Crippen LogP contribution in [-0.2, 0) is 4.79 Å². The highest BCUT2D eigenvalue weighted by Crippen LogP contribution is 2.29. The van der Waals surface area contributed by atoms with Crippen molar-refractivity contribution < 1.29 is 19.0 Å². The first-order valence-electron chi connectivity index (χ1n) is 10.6. The number of carbonyl (C=O) groups excluding carboxylic acids is 1. The fourth-order valence-electron chi connectivity index (χ4n) is 2.84. The third-order valence-corrected chi connectivity index (χ3v) is 5.19. The van der Waals surface area contributed by atoms with Crippen LogP contribution in [0.25, 0.3) is 17.3 Å². The Morgan fingerprint density at radius 3 is 2.50 bits per heavy atom. The molecule has 0 spiro atoms. The van der Waals surface area contributed by atoms with E-state index in [1.807, 2.05) is 54.8 Å². The van der Waals surface area contributed by atoms with Crippen LogP contribution in [0.3, 0.4) is 0 Å².